The highest BCUT2D eigenvalue weighted by Gasteiger charge is 2.21. The van der Waals surface area contributed by atoms with Gasteiger partial charge < -0.3 is 9.80 Å². The van der Waals surface area contributed by atoms with Crippen molar-refractivity contribution in [2.75, 3.05) is 41.4 Å². The Morgan fingerprint density at radius 2 is 1.54 bits per heavy atom. The van der Waals surface area contributed by atoms with Gasteiger partial charge in [0.15, 0.2) is 0 Å². The van der Waals surface area contributed by atoms with Crippen LogP contribution in [0.3, 0.4) is 0 Å². The summed E-state index contributed by atoms with van der Waals surface area (Å²) >= 11 is 3.47. The van der Waals surface area contributed by atoms with E-state index in [-0.39, 0.29) is 0 Å². The van der Waals surface area contributed by atoms with Gasteiger partial charge in [-0.2, -0.15) is 20.1 Å². The first kappa shape index (κ1) is 17.2. The molecule has 7 nitrogen and oxygen atoms in total. The Balaban J connectivity index is 1.55. The van der Waals surface area contributed by atoms with E-state index in [0.29, 0.717) is 5.95 Å². The van der Waals surface area contributed by atoms with Crippen molar-refractivity contribution in [3.63, 3.8) is 0 Å². The molecule has 3 heterocycles. The van der Waals surface area contributed by atoms with Gasteiger partial charge in [-0.15, -0.1) is 0 Å². The topological polar surface area (TPSA) is 69.5 Å². The monoisotopic (exact) mass is 415 g/mol. The van der Waals surface area contributed by atoms with Gasteiger partial charge in [-0.3, -0.25) is 0 Å². The molecule has 2 aliphatic heterocycles. The molecule has 136 valence electrons. The number of hydrogen-bond acceptors (Lipinski definition) is 7. The zero-order valence-corrected chi connectivity index (χ0v) is 16.2. The molecule has 1 aromatic carbocycles. The van der Waals surface area contributed by atoms with Crippen molar-refractivity contribution >= 4 is 40.0 Å². The van der Waals surface area contributed by atoms with E-state index in [1.54, 1.807) is 6.21 Å². The standard InChI is InChI=1S/C18H22BrN7/c19-15-7-5-6-14(12-15)13-20-24-16-21-17(25-8-1-2-9-25)23-18(22-16)26-10-3-4-11-26/h5-7,12-13H,1-4,8-11H2,(H,21,22,23,24)/b20-13+. The van der Waals surface area contributed by atoms with E-state index in [1.165, 1.54) is 25.7 Å². The molecule has 0 aliphatic carbocycles. The van der Waals surface area contributed by atoms with Crippen molar-refractivity contribution in [2.24, 2.45) is 5.10 Å². The maximum absolute atomic E-state index is 4.71. The normalized spacial score (nSPS) is 17.4. The van der Waals surface area contributed by atoms with Crippen LogP contribution >= 0.6 is 15.9 Å². The number of nitrogens with zero attached hydrogens (tertiary/aromatic N) is 6. The minimum absolute atomic E-state index is 0.495. The number of nitrogens with one attached hydrogen (secondary N) is 1. The van der Waals surface area contributed by atoms with E-state index in [0.717, 1.165) is 48.1 Å². The summed E-state index contributed by atoms with van der Waals surface area (Å²) in [6, 6.07) is 7.96. The van der Waals surface area contributed by atoms with Crippen molar-refractivity contribution in [1.82, 2.24) is 15.0 Å². The lowest BCUT2D eigenvalue weighted by molar-refractivity contribution is 0.838. The maximum atomic E-state index is 4.71. The average molecular weight is 416 g/mol. The van der Waals surface area contributed by atoms with Gasteiger partial charge in [-0.1, -0.05) is 28.1 Å². The van der Waals surface area contributed by atoms with Crippen LogP contribution in [0.15, 0.2) is 33.8 Å². The molecule has 1 aromatic heterocycles. The molecule has 2 aromatic rings. The molecule has 26 heavy (non-hydrogen) atoms. The molecule has 2 fully saturated rings. The largest absolute Gasteiger partial charge is 0.341 e. The predicted molar refractivity (Wildman–Crippen MR) is 108 cm³/mol. The van der Waals surface area contributed by atoms with E-state index in [2.05, 4.69) is 46.2 Å². The third-order valence-corrected chi connectivity index (χ3v) is 5.11. The van der Waals surface area contributed by atoms with Crippen LogP contribution in [0.2, 0.25) is 0 Å². The van der Waals surface area contributed by atoms with E-state index in [1.807, 2.05) is 24.3 Å². The lowest BCUT2D eigenvalue weighted by Crippen LogP contribution is -2.25. The van der Waals surface area contributed by atoms with Crippen molar-refractivity contribution in [3.05, 3.63) is 34.3 Å². The highest BCUT2D eigenvalue weighted by Crippen LogP contribution is 2.22. The van der Waals surface area contributed by atoms with Crippen LogP contribution in [0.4, 0.5) is 17.8 Å². The van der Waals surface area contributed by atoms with Crippen LogP contribution < -0.4 is 15.2 Å². The summed E-state index contributed by atoms with van der Waals surface area (Å²) in [6.45, 7) is 4.02. The maximum Gasteiger partial charge on any atom is 0.250 e. The molecule has 2 saturated heterocycles. The molecule has 0 saturated carbocycles. The third-order valence-electron chi connectivity index (χ3n) is 4.62. The van der Waals surface area contributed by atoms with Gasteiger partial charge in [-0.25, -0.2) is 5.43 Å². The second-order valence-corrected chi connectivity index (χ2v) is 7.49. The molecule has 8 heteroatoms. The second-order valence-electron chi connectivity index (χ2n) is 6.57. The van der Waals surface area contributed by atoms with Crippen molar-refractivity contribution in [1.29, 1.82) is 0 Å². The smallest absolute Gasteiger partial charge is 0.250 e. The molecule has 0 radical (unpaired) electrons. The number of hydrazone groups is 1. The Morgan fingerprint density at radius 1 is 0.923 bits per heavy atom. The lowest BCUT2D eigenvalue weighted by atomic mass is 10.2. The van der Waals surface area contributed by atoms with E-state index in [9.17, 15) is 0 Å². The van der Waals surface area contributed by atoms with Crippen LogP contribution in [0.5, 0.6) is 0 Å². The highest BCUT2D eigenvalue weighted by atomic mass is 79.9. The Bertz CT molecular complexity index is 749. The summed E-state index contributed by atoms with van der Waals surface area (Å²) in [5, 5.41) is 4.30. The van der Waals surface area contributed by atoms with Gasteiger partial charge >= 0.3 is 0 Å². The van der Waals surface area contributed by atoms with Crippen LogP contribution in [0.25, 0.3) is 0 Å². The predicted octanol–water partition coefficient (Wildman–Crippen LogP) is 3.28. The first-order valence-corrected chi connectivity index (χ1v) is 9.88. The van der Waals surface area contributed by atoms with Crippen molar-refractivity contribution in [2.45, 2.75) is 25.7 Å². The quantitative estimate of drug-likeness (QED) is 0.596. The van der Waals surface area contributed by atoms with Gasteiger partial charge in [0.05, 0.1) is 6.21 Å². The van der Waals surface area contributed by atoms with Crippen LogP contribution in [0.1, 0.15) is 31.2 Å². The number of rotatable bonds is 5. The van der Waals surface area contributed by atoms with E-state index >= 15 is 0 Å². The lowest BCUT2D eigenvalue weighted by Gasteiger charge is -2.20. The second kappa shape index (κ2) is 7.99. The zero-order chi connectivity index (χ0) is 17.8. The summed E-state index contributed by atoms with van der Waals surface area (Å²) in [5.74, 6) is 1.99. The summed E-state index contributed by atoms with van der Waals surface area (Å²) in [4.78, 5) is 18.3. The number of hydrogen-bond donors (Lipinski definition) is 1. The van der Waals surface area contributed by atoms with Gasteiger partial charge in [0, 0.05) is 30.7 Å². The van der Waals surface area contributed by atoms with Crippen molar-refractivity contribution < 1.29 is 0 Å². The molecular formula is C18H22BrN7. The zero-order valence-electron chi connectivity index (χ0n) is 14.6. The fourth-order valence-corrected chi connectivity index (χ4v) is 3.69. The third kappa shape index (κ3) is 4.12. The number of halogens is 1. The highest BCUT2D eigenvalue weighted by molar-refractivity contribution is 9.10. The van der Waals surface area contributed by atoms with Gasteiger partial charge in [0.2, 0.25) is 17.8 Å². The first-order valence-electron chi connectivity index (χ1n) is 9.08. The summed E-state index contributed by atoms with van der Waals surface area (Å²) in [5.41, 5.74) is 3.98. The Labute approximate surface area is 161 Å². The molecule has 2 aliphatic rings. The average Bonchev–Trinajstić information content (AvgIpc) is 3.36. The van der Waals surface area contributed by atoms with E-state index < -0.39 is 0 Å². The van der Waals surface area contributed by atoms with Gasteiger partial charge in [0.1, 0.15) is 0 Å². The number of aromatic nitrogens is 3. The molecule has 0 amide bonds. The van der Waals surface area contributed by atoms with Gasteiger partial charge in [0.25, 0.3) is 0 Å². The van der Waals surface area contributed by atoms with Gasteiger partial charge in [-0.05, 0) is 43.4 Å². The molecule has 0 atom stereocenters. The van der Waals surface area contributed by atoms with Crippen molar-refractivity contribution in [3.8, 4) is 0 Å². The SMILES string of the molecule is Brc1cccc(/C=N/Nc2nc(N3CCCC3)nc(N3CCCC3)n2)c1. The molecule has 4 rings (SSSR count). The minimum Gasteiger partial charge on any atom is -0.341 e. The molecular weight excluding hydrogens is 394 g/mol. The Morgan fingerprint density at radius 3 is 2.12 bits per heavy atom. The van der Waals surface area contributed by atoms with Crippen LogP contribution in [-0.2, 0) is 0 Å². The molecule has 0 spiro atoms. The van der Waals surface area contributed by atoms with Crippen LogP contribution in [-0.4, -0.2) is 47.3 Å². The fourth-order valence-electron chi connectivity index (χ4n) is 3.27. The summed E-state index contributed by atoms with van der Waals surface area (Å²) in [7, 11) is 0. The Kier molecular flexibility index (Phi) is 5.29. The fraction of sp³-hybridized carbons (Fsp3) is 0.444. The number of anilines is 3. The Hall–Kier alpha value is -2.22. The summed E-state index contributed by atoms with van der Waals surface area (Å²) in [6.07, 6.45) is 6.52. The molecule has 0 bridgehead atoms. The minimum atomic E-state index is 0.495. The molecule has 0 unspecified atom stereocenters. The summed E-state index contributed by atoms with van der Waals surface area (Å²) < 4.78 is 1.02. The molecule has 1 N–H and O–H groups in total. The number of benzene rings is 1. The van der Waals surface area contributed by atoms with E-state index in [4.69, 9.17) is 4.98 Å². The van der Waals surface area contributed by atoms with Crippen LogP contribution in [0, 0.1) is 0 Å². The first-order chi connectivity index (χ1) is 12.8.